The van der Waals surface area contributed by atoms with E-state index in [9.17, 15) is 9.59 Å². The van der Waals surface area contributed by atoms with Crippen molar-refractivity contribution in [1.82, 2.24) is 10.2 Å². The zero-order valence-corrected chi connectivity index (χ0v) is 18.1. The summed E-state index contributed by atoms with van der Waals surface area (Å²) >= 11 is 6.34. The van der Waals surface area contributed by atoms with Crippen LogP contribution in [-0.2, 0) is 22.6 Å². The second-order valence-electron chi connectivity index (χ2n) is 7.17. The van der Waals surface area contributed by atoms with Crippen molar-refractivity contribution < 1.29 is 9.59 Å². The van der Waals surface area contributed by atoms with E-state index < -0.39 is 6.04 Å². The van der Waals surface area contributed by atoms with E-state index in [-0.39, 0.29) is 11.8 Å². The Hall–Kier alpha value is -2.33. The molecule has 0 fully saturated rings. The molecule has 0 saturated carbocycles. The Balaban J connectivity index is 2.17. The number of carbonyl (C=O) groups is 2. The first kappa shape index (κ1) is 23.0. The molecule has 2 rings (SSSR count). The van der Waals surface area contributed by atoms with E-state index >= 15 is 0 Å². The van der Waals surface area contributed by atoms with Gasteiger partial charge in [-0.05, 0) is 36.5 Å². The second-order valence-corrected chi connectivity index (χ2v) is 7.57. The molecule has 4 nitrogen and oxygen atoms in total. The van der Waals surface area contributed by atoms with Gasteiger partial charge in [-0.1, -0.05) is 80.4 Å². The van der Waals surface area contributed by atoms with E-state index in [0.29, 0.717) is 37.4 Å². The van der Waals surface area contributed by atoms with E-state index in [2.05, 4.69) is 12.2 Å². The molecule has 0 heterocycles. The molecule has 0 aliphatic rings. The average Bonchev–Trinajstić information content (AvgIpc) is 2.74. The number of hydrogen-bond donors (Lipinski definition) is 1. The van der Waals surface area contributed by atoms with Gasteiger partial charge in [-0.25, -0.2) is 0 Å². The van der Waals surface area contributed by atoms with Gasteiger partial charge in [0.25, 0.3) is 0 Å². The molecule has 0 aromatic heterocycles. The van der Waals surface area contributed by atoms with Crippen molar-refractivity contribution in [2.45, 2.75) is 58.5 Å². The van der Waals surface area contributed by atoms with Crippen molar-refractivity contribution in [3.63, 3.8) is 0 Å². The minimum Gasteiger partial charge on any atom is -0.354 e. The Bertz CT molecular complexity index is 779. The Morgan fingerprint density at radius 1 is 1.03 bits per heavy atom. The lowest BCUT2D eigenvalue weighted by Crippen LogP contribution is -2.49. The van der Waals surface area contributed by atoms with Gasteiger partial charge in [-0.3, -0.25) is 9.59 Å². The van der Waals surface area contributed by atoms with Crippen LogP contribution in [0.25, 0.3) is 0 Å². The minimum absolute atomic E-state index is 0.0359. The summed E-state index contributed by atoms with van der Waals surface area (Å²) in [5.41, 5.74) is 1.96. The summed E-state index contributed by atoms with van der Waals surface area (Å²) in [6.07, 6.45) is 3.49. The molecule has 5 heteroatoms. The van der Waals surface area contributed by atoms with Crippen LogP contribution in [0.4, 0.5) is 0 Å². The maximum Gasteiger partial charge on any atom is 0.242 e. The molecule has 0 saturated heterocycles. The van der Waals surface area contributed by atoms with E-state index in [0.717, 1.165) is 24.0 Å². The van der Waals surface area contributed by atoms with Crippen LogP contribution in [0.5, 0.6) is 0 Å². The summed E-state index contributed by atoms with van der Waals surface area (Å²) in [6.45, 7) is 4.98. The first-order chi connectivity index (χ1) is 14.1. The molecule has 0 aliphatic heterocycles. The SMILES string of the molecule is CCCCNC(=O)C(CC)N(Cc1ccccc1Cl)C(=O)CCc1ccccc1. The Morgan fingerprint density at radius 2 is 1.72 bits per heavy atom. The van der Waals surface area contributed by atoms with Gasteiger partial charge in [0, 0.05) is 24.5 Å². The van der Waals surface area contributed by atoms with Crippen molar-refractivity contribution in [3.05, 3.63) is 70.7 Å². The summed E-state index contributed by atoms with van der Waals surface area (Å²) in [5, 5.41) is 3.58. The molecule has 2 amide bonds. The number of benzene rings is 2. The van der Waals surface area contributed by atoms with Gasteiger partial charge in [0.1, 0.15) is 6.04 Å². The van der Waals surface area contributed by atoms with Gasteiger partial charge in [-0.2, -0.15) is 0 Å². The number of nitrogens with zero attached hydrogens (tertiary/aromatic N) is 1. The maximum absolute atomic E-state index is 13.2. The quantitative estimate of drug-likeness (QED) is 0.526. The van der Waals surface area contributed by atoms with Crippen molar-refractivity contribution in [3.8, 4) is 0 Å². The Kier molecular flexibility index (Phi) is 9.72. The molecule has 2 aromatic rings. The molecule has 29 heavy (non-hydrogen) atoms. The van der Waals surface area contributed by atoms with Crippen LogP contribution in [0.15, 0.2) is 54.6 Å². The number of halogens is 1. The second kappa shape index (κ2) is 12.3. The number of amides is 2. The van der Waals surface area contributed by atoms with Crippen LogP contribution in [0.3, 0.4) is 0 Å². The monoisotopic (exact) mass is 414 g/mol. The van der Waals surface area contributed by atoms with Crippen LogP contribution in [0.2, 0.25) is 5.02 Å². The number of nitrogens with one attached hydrogen (secondary N) is 1. The Morgan fingerprint density at radius 3 is 2.38 bits per heavy atom. The van der Waals surface area contributed by atoms with E-state index in [1.165, 1.54) is 0 Å². The fourth-order valence-electron chi connectivity index (χ4n) is 3.28. The molecule has 1 unspecified atom stereocenters. The fourth-order valence-corrected chi connectivity index (χ4v) is 3.47. The van der Waals surface area contributed by atoms with Gasteiger partial charge in [0.15, 0.2) is 0 Å². The number of unbranched alkanes of at least 4 members (excludes halogenated alkanes) is 1. The molecule has 2 aromatic carbocycles. The number of carbonyl (C=O) groups excluding carboxylic acids is 2. The number of aryl methyl sites for hydroxylation is 1. The van der Waals surface area contributed by atoms with Crippen LogP contribution in [-0.4, -0.2) is 29.3 Å². The van der Waals surface area contributed by atoms with Crippen molar-refractivity contribution in [1.29, 1.82) is 0 Å². The number of rotatable bonds is 11. The zero-order chi connectivity index (χ0) is 21.1. The lowest BCUT2D eigenvalue weighted by atomic mass is 10.1. The third-order valence-electron chi connectivity index (χ3n) is 4.98. The largest absolute Gasteiger partial charge is 0.354 e. The van der Waals surface area contributed by atoms with E-state index in [1.807, 2.05) is 61.5 Å². The third kappa shape index (κ3) is 7.21. The predicted molar refractivity (Wildman–Crippen MR) is 119 cm³/mol. The standard InChI is InChI=1S/C24H31ClN2O2/c1-3-5-17-26-24(29)22(4-2)27(18-20-13-9-10-14-21(20)25)23(28)16-15-19-11-7-6-8-12-19/h6-14,22H,3-5,15-18H2,1-2H3,(H,26,29). The summed E-state index contributed by atoms with van der Waals surface area (Å²) in [6, 6.07) is 16.9. The molecular weight excluding hydrogens is 384 g/mol. The smallest absolute Gasteiger partial charge is 0.242 e. The highest BCUT2D eigenvalue weighted by molar-refractivity contribution is 6.31. The maximum atomic E-state index is 13.2. The van der Waals surface area contributed by atoms with Crippen LogP contribution in [0, 0.1) is 0 Å². The van der Waals surface area contributed by atoms with Crippen LogP contribution < -0.4 is 5.32 Å². The van der Waals surface area contributed by atoms with Crippen molar-refractivity contribution >= 4 is 23.4 Å². The van der Waals surface area contributed by atoms with Gasteiger partial charge < -0.3 is 10.2 Å². The molecule has 156 valence electrons. The fraction of sp³-hybridized carbons (Fsp3) is 0.417. The van der Waals surface area contributed by atoms with Crippen molar-refractivity contribution in [2.24, 2.45) is 0 Å². The van der Waals surface area contributed by atoms with E-state index in [4.69, 9.17) is 11.6 Å². The van der Waals surface area contributed by atoms with Gasteiger partial charge >= 0.3 is 0 Å². The third-order valence-corrected chi connectivity index (χ3v) is 5.35. The average molecular weight is 415 g/mol. The lowest BCUT2D eigenvalue weighted by molar-refractivity contribution is -0.141. The molecule has 0 aliphatic carbocycles. The minimum atomic E-state index is -0.508. The lowest BCUT2D eigenvalue weighted by Gasteiger charge is -2.31. The van der Waals surface area contributed by atoms with E-state index in [1.54, 1.807) is 4.90 Å². The van der Waals surface area contributed by atoms with Crippen molar-refractivity contribution in [2.75, 3.05) is 6.54 Å². The highest BCUT2D eigenvalue weighted by Crippen LogP contribution is 2.20. The van der Waals surface area contributed by atoms with Gasteiger partial charge in [0.05, 0.1) is 0 Å². The first-order valence-electron chi connectivity index (χ1n) is 10.4. The molecule has 1 N–H and O–H groups in total. The molecular formula is C24H31ClN2O2. The summed E-state index contributed by atoms with van der Waals surface area (Å²) in [4.78, 5) is 27.7. The summed E-state index contributed by atoms with van der Waals surface area (Å²) < 4.78 is 0. The normalized spacial score (nSPS) is 11.7. The molecule has 1 atom stereocenters. The first-order valence-corrected chi connectivity index (χ1v) is 10.8. The highest BCUT2D eigenvalue weighted by Gasteiger charge is 2.28. The Labute approximate surface area is 179 Å². The molecule has 0 bridgehead atoms. The predicted octanol–water partition coefficient (Wildman–Crippen LogP) is 5.00. The number of hydrogen-bond acceptors (Lipinski definition) is 2. The van der Waals surface area contributed by atoms with Gasteiger partial charge in [0.2, 0.25) is 11.8 Å². The topological polar surface area (TPSA) is 49.4 Å². The summed E-state index contributed by atoms with van der Waals surface area (Å²) in [5.74, 6) is -0.132. The van der Waals surface area contributed by atoms with Gasteiger partial charge in [-0.15, -0.1) is 0 Å². The zero-order valence-electron chi connectivity index (χ0n) is 17.4. The highest BCUT2D eigenvalue weighted by atomic mass is 35.5. The van der Waals surface area contributed by atoms with Crippen LogP contribution in [0.1, 0.15) is 50.7 Å². The molecule has 0 radical (unpaired) electrons. The summed E-state index contributed by atoms with van der Waals surface area (Å²) in [7, 11) is 0. The molecule has 0 spiro atoms. The van der Waals surface area contributed by atoms with Crippen LogP contribution >= 0.6 is 11.6 Å².